The summed E-state index contributed by atoms with van der Waals surface area (Å²) in [5.74, 6) is 2.15. The fourth-order valence-corrected chi connectivity index (χ4v) is 3.55. The van der Waals surface area contributed by atoms with Crippen molar-refractivity contribution in [2.75, 3.05) is 20.1 Å². The Balaban J connectivity index is 2.20. The van der Waals surface area contributed by atoms with Gasteiger partial charge in [-0.2, -0.15) is 4.57 Å². The first-order valence-electron chi connectivity index (χ1n) is 8.86. The van der Waals surface area contributed by atoms with E-state index < -0.39 is 0 Å². The van der Waals surface area contributed by atoms with E-state index in [2.05, 4.69) is 54.0 Å². The van der Waals surface area contributed by atoms with Gasteiger partial charge in [0.2, 0.25) is 0 Å². The average Bonchev–Trinajstić information content (AvgIpc) is 2.67. The molecule has 3 aromatic rings. The van der Waals surface area contributed by atoms with Crippen LogP contribution in [0.2, 0.25) is 0 Å². The summed E-state index contributed by atoms with van der Waals surface area (Å²) in [6.45, 7) is 3.00. The van der Waals surface area contributed by atoms with E-state index in [0.717, 1.165) is 36.3 Å². The molecule has 0 aliphatic rings. The Bertz CT molecular complexity index is 894. The number of benzene rings is 2. The van der Waals surface area contributed by atoms with Crippen molar-refractivity contribution in [1.29, 1.82) is 0 Å². The van der Waals surface area contributed by atoms with E-state index in [9.17, 15) is 0 Å². The highest BCUT2D eigenvalue weighted by Crippen LogP contribution is 2.33. The maximum atomic E-state index is 6.01. The molecular formula is C22H25ClNO2+. The number of aromatic nitrogens is 1. The zero-order chi connectivity index (χ0) is 18.5. The minimum absolute atomic E-state index is 0.647. The molecule has 1 heterocycles. The minimum atomic E-state index is 0.647. The molecule has 0 atom stereocenters. The predicted molar refractivity (Wildman–Crippen MR) is 107 cm³/mol. The Labute approximate surface area is 160 Å². The molecule has 3 nitrogen and oxygen atoms in total. The number of rotatable bonds is 7. The molecule has 0 amide bonds. The first kappa shape index (κ1) is 18.5. The van der Waals surface area contributed by atoms with Crippen LogP contribution in [-0.4, -0.2) is 20.1 Å². The number of hydrogen-bond acceptors (Lipinski definition) is 2. The molecule has 3 rings (SSSR count). The second-order valence-electron chi connectivity index (χ2n) is 6.39. The topological polar surface area (TPSA) is 22.3 Å². The van der Waals surface area contributed by atoms with E-state index in [0.29, 0.717) is 5.88 Å². The van der Waals surface area contributed by atoms with Crippen LogP contribution in [0.1, 0.15) is 23.4 Å². The Morgan fingerprint density at radius 1 is 0.962 bits per heavy atom. The normalized spacial score (nSPS) is 10.9. The van der Waals surface area contributed by atoms with Gasteiger partial charge in [-0.25, -0.2) is 0 Å². The van der Waals surface area contributed by atoms with Gasteiger partial charge in [0.1, 0.15) is 0 Å². The molecule has 0 unspecified atom stereocenters. The lowest BCUT2D eigenvalue weighted by Gasteiger charge is -2.14. The lowest BCUT2D eigenvalue weighted by Crippen LogP contribution is -2.42. The Hall–Kier alpha value is -2.26. The van der Waals surface area contributed by atoms with Crippen LogP contribution in [0.25, 0.3) is 10.8 Å². The van der Waals surface area contributed by atoms with Crippen LogP contribution in [0.3, 0.4) is 0 Å². The van der Waals surface area contributed by atoms with Gasteiger partial charge in [-0.3, -0.25) is 0 Å². The molecule has 136 valence electrons. The van der Waals surface area contributed by atoms with Crippen molar-refractivity contribution >= 4 is 22.4 Å². The van der Waals surface area contributed by atoms with Crippen LogP contribution in [-0.2, 0) is 13.0 Å². The van der Waals surface area contributed by atoms with Gasteiger partial charge < -0.3 is 9.47 Å². The molecule has 0 aliphatic heterocycles. The molecule has 0 radical (unpaired) electrons. The molecule has 0 aliphatic carbocycles. The van der Waals surface area contributed by atoms with Crippen molar-refractivity contribution in [3.8, 4) is 11.5 Å². The number of ether oxygens (including phenoxy) is 2. The predicted octanol–water partition coefficient (Wildman–Crippen LogP) is 4.67. The number of aryl methyl sites for hydroxylation is 2. The van der Waals surface area contributed by atoms with Crippen molar-refractivity contribution in [3.05, 3.63) is 65.5 Å². The Kier molecular flexibility index (Phi) is 6.00. The summed E-state index contributed by atoms with van der Waals surface area (Å²) in [7, 11) is 3.35. The van der Waals surface area contributed by atoms with Gasteiger partial charge >= 0.3 is 0 Å². The van der Waals surface area contributed by atoms with Crippen LogP contribution < -0.4 is 14.0 Å². The van der Waals surface area contributed by atoms with Crippen molar-refractivity contribution < 1.29 is 14.0 Å². The molecule has 4 heteroatoms. The largest absolute Gasteiger partial charge is 0.493 e. The summed E-state index contributed by atoms with van der Waals surface area (Å²) in [6.07, 6.45) is 1.85. The monoisotopic (exact) mass is 370 g/mol. The molecule has 2 aromatic carbocycles. The van der Waals surface area contributed by atoms with Crippen LogP contribution in [0.15, 0.2) is 48.5 Å². The fourth-order valence-electron chi connectivity index (χ4n) is 3.42. The van der Waals surface area contributed by atoms with Gasteiger partial charge in [0, 0.05) is 30.9 Å². The molecule has 0 bridgehead atoms. The lowest BCUT2D eigenvalue weighted by molar-refractivity contribution is -0.700. The van der Waals surface area contributed by atoms with Gasteiger partial charge in [-0.15, -0.1) is 11.6 Å². The molecule has 0 saturated heterocycles. The van der Waals surface area contributed by atoms with Crippen molar-refractivity contribution in [2.24, 2.45) is 0 Å². The van der Waals surface area contributed by atoms with Crippen LogP contribution >= 0.6 is 11.6 Å². The van der Waals surface area contributed by atoms with Gasteiger partial charge in [0.05, 0.1) is 19.6 Å². The first-order chi connectivity index (χ1) is 12.7. The van der Waals surface area contributed by atoms with Gasteiger partial charge in [0.25, 0.3) is 0 Å². The molecule has 0 saturated carbocycles. The summed E-state index contributed by atoms with van der Waals surface area (Å²) >= 11 is 6.01. The van der Waals surface area contributed by atoms with Gasteiger partial charge in [0.15, 0.2) is 29.4 Å². The number of halogens is 1. The van der Waals surface area contributed by atoms with E-state index in [-0.39, 0.29) is 0 Å². The summed E-state index contributed by atoms with van der Waals surface area (Å²) < 4.78 is 13.4. The summed E-state index contributed by atoms with van der Waals surface area (Å²) in [5.41, 5.74) is 3.79. The zero-order valence-electron chi connectivity index (χ0n) is 15.6. The molecule has 0 fully saturated rings. The Morgan fingerprint density at radius 2 is 1.65 bits per heavy atom. The van der Waals surface area contributed by atoms with Crippen molar-refractivity contribution in [2.45, 2.75) is 26.3 Å². The van der Waals surface area contributed by atoms with E-state index in [1.165, 1.54) is 22.3 Å². The number of alkyl halides is 1. The average molecular weight is 371 g/mol. The highest BCUT2D eigenvalue weighted by molar-refractivity contribution is 6.17. The summed E-state index contributed by atoms with van der Waals surface area (Å²) in [6, 6.07) is 16.9. The third-order valence-electron chi connectivity index (χ3n) is 4.71. The molecule has 26 heavy (non-hydrogen) atoms. The molecule has 0 spiro atoms. The van der Waals surface area contributed by atoms with Crippen LogP contribution in [0.4, 0.5) is 0 Å². The number of pyridine rings is 1. The standard InChI is InChI=1S/C22H25ClNO2/c1-16-12-18-13-21(25-2)22(26-3)14-19(18)20(10-7-11-23)24(16)15-17-8-5-4-6-9-17/h4-6,8-9,12-14H,7,10-11,15H2,1-3H3/q+1. The lowest BCUT2D eigenvalue weighted by atomic mass is 10.0. The molecular weight excluding hydrogens is 346 g/mol. The second-order valence-corrected chi connectivity index (χ2v) is 6.77. The van der Waals surface area contributed by atoms with E-state index in [1.807, 2.05) is 6.07 Å². The number of fused-ring (bicyclic) bond motifs is 1. The highest BCUT2D eigenvalue weighted by atomic mass is 35.5. The minimum Gasteiger partial charge on any atom is -0.493 e. The zero-order valence-corrected chi connectivity index (χ0v) is 16.3. The van der Waals surface area contributed by atoms with Gasteiger partial charge in [-0.05, 0) is 23.9 Å². The third kappa shape index (κ3) is 3.78. The van der Waals surface area contributed by atoms with Crippen LogP contribution in [0.5, 0.6) is 11.5 Å². The van der Waals surface area contributed by atoms with Crippen molar-refractivity contribution in [1.82, 2.24) is 0 Å². The maximum Gasteiger partial charge on any atom is 0.189 e. The third-order valence-corrected chi connectivity index (χ3v) is 4.98. The van der Waals surface area contributed by atoms with Gasteiger partial charge in [-0.1, -0.05) is 30.3 Å². The SMILES string of the molecule is COc1cc2cc(C)[n+](Cc3ccccc3)c(CCCCl)c2cc1OC. The maximum absolute atomic E-state index is 6.01. The quantitative estimate of drug-likeness (QED) is 0.445. The molecule has 0 N–H and O–H groups in total. The second kappa shape index (κ2) is 8.41. The first-order valence-corrected chi connectivity index (χ1v) is 9.39. The fraction of sp³-hybridized carbons (Fsp3) is 0.318. The smallest absolute Gasteiger partial charge is 0.189 e. The van der Waals surface area contributed by atoms with E-state index in [1.54, 1.807) is 14.2 Å². The van der Waals surface area contributed by atoms with E-state index in [4.69, 9.17) is 21.1 Å². The number of nitrogens with zero attached hydrogens (tertiary/aromatic N) is 1. The Morgan fingerprint density at radius 3 is 2.31 bits per heavy atom. The van der Waals surface area contributed by atoms with Crippen LogP contribution in [0, 0.1) is 6.92 Å². The highest BCUT2D eigenvalue weighted by Gasteiger charge is 2.21. The summed E-state index contributed by atoms with van der Waals surface area (Å²) in [4.78, 5) is 0. The molecule has 1 aromatic heterocycles. The number of hydrogen-bond donors (Lipinski definition) is 0. The summed E-state index contributed by atoms with van der Waals surface area (Å²) in [5, 5.41) is 2.35. The van der Waals surface area contributed by atoms with E-state index >= 15 is 0 Å². The van der Waals surface area contributed by atoms with Crippen molar-refractivity contribution in [3.63, 3.8) is 0 Å². The number of methoxy groups -OCH3 is 2.